The van der Waals surface area contributed by atoms with Gasteiger partial charge in [0.15, 0.2) is 0 Å². The molecule has 0 radical (unpaired) electrons. The lowest BCUT2D eigenvalue weighted by Gasteiger charge is -2.27. The molecular weight excluding hydrogens is 458 g/mol. The maximum Gasteiger partial charge on any atom is 0.330 e. The first-order valence-corrected chi connectivity index (χ1v) is 12.3. The van der Waals surface area contributed by atoms with Crippen LogP contribution in [-0.2, 0) is 11.3 Å². The van der Waals surface area contributed by atoms with E-state index >= 15 is 0 Å². The number of nitrogens with one attached hydrogen (secondary N) is 2. The van der Waals surface area contributed by atoms with Gasteiger partial charge in [-0.2, -0.15) is 0 Å². The number of nitrogens with zero attached hydrogens (tertiary/aromatic N) is 2. The van der Waals surface area contributed by atoms with Crippen LogP contribution in [0.2, 0.25) is 0 Å². The fourth-order valence-electron chi connectivity index (χ4n) is 4.56. The lowest BCUT2D eigenvalue weighted by atomic mass is 9.97. The zero-order valence-corrected chi connectivity index (χ0v) is 20.5. The van der Waals surface area contributed by atoms with Gasteiger partial charge in [0.2, 0.25) is 5.91 Å². The zero-order chi connectivity index (χ0) is 25.5. The number of aromatic amines is 1. The molecule has 2 aromatic heterocycles. The highest BCUT2D eigenvalue weighted by Gasteiger charge is 2.23. The minimum absolute atomic E-state index is 0.0390. The fraction of sp³-hybridized carbons (Fsp3) is 0.370. The molecule has 190 valence electrons. The molecule has 9 heteroatoms. The summed E-state index contributed by atoms with van der Waals surface area (Å²) in [7, 11) is 0. The van der Waals surface area contributed by atoms with Crippen molar-refractivity contribution >= 4 is 17.4 Å². The Morgan fingerprint density at radius 1 is 1.19 bits per heavy atom. The van der Waals surface area contributed by atoms with Crippen LogP contribution in [-0.4, -0.2) is 28.5 Å². The van der Waals surface area contributed by atoms with Crippen LogP contribution >= 0.6 is 0 Å². The second-order valence-electron chi connectivity index (χ2n) is 9.15. The van der Waals surface area contributed by atoms with E-state index in [2.05, 4.69) is 16.4 Å². The third kappa shape index (κ3) is 6.16. The Bertz CT molecular complexity index is 1310. The Balaban J connectivity index is 1.62. The van der Waals surface area contributed by atoms with Crippen molar-refractivity contribution in [1.82, 2.24) is 14.9 Å². The molecule has 0 bridgehead atoms. The lowest BCUT2D eigenvalue weighted by molar-refractivity contribution is -0.120. The Morgan fingerprint density at radius 2 is 2.00 bits per heavy atom. The molecule has 1 aromatic carbocycles. The van der Waals surface area contributed by atoms with Gasteiger partial charge < -0.3 is 20.4 Å². The maximum absolute atomic E-state index is 13.0. The normalized spacial score (nSPS) is 14.2. The van der Waals surface area contributed by atoms with Crippen LogP contribution in [0, 0.1) is 0 Å². The molecule has 0 aliphatic heterocycles. The first-order chi connectivity index (χ1) is 17.4. The van der Waals surface area contributed by atoms with E-state index in [0.717, 1.165) is 24.8 Å². The smallest absolute Gasteiger partial charge is 0.330 e. The van der Waals surface area contributed by atoms with E-state index in [1.165, 1.54) is 16.6 Å². The molecule has 0 saturated carbocycles. The van der Waals surface area contributed by atoms with Gasteiger partial charge in [-0.15, -0.1) is 0 Å². The largest absolute Gasteiger partial charge is 0.467 e. The van der Waals surface area contributed by atoms with Gasteiger partial charge in [-0.1, -0.05) is 42.0 Å². The summed E-state index contributed by atoms with van der Waals surface area (Å²) in [4.78, 5) is 42.7. The Kier molecular flexibility index (Phi) is 8.10. The van der Waals surface area contributed by atoms with Crippen LogP contribution < -0.4 is 27.2 Å². The summed E-state index contributed by atoms with van der Waals surface area (Å²) in [6.07, 6.45) is 8.87. The van der Waals surface area contributed by atoms with Crippen molar-refractivity contribution in [3.05, 3.63) is 92.5 Å². The molecule has 0 spiro atoms. The molecule has 0 fully saturated rings. The second kappa shape index (κ2) is 11.6. The van der Waals surface area contributed by atoms with E-state index in [0.29, 0.717) is 18.7 Å². The number of carbonyl (C=O) groups excluding carboxylic acids is 1. The minimum Gasteiger partial charge on any atom is -0.467 e. The molecule has 36 heavy (non-hydrogen) atoms. The number of amides is 1. The molecule has 0 saturated heterocycles. The third-order valence-corrected chi connectivity index (χ3v) is 6.48. The second-order valence-corrected chi connectivity index (χ2v) is 9.15. The maximum atomic E-state index is 13.0. The summed E-state index contributed by atoms with van der Waals surface area (Å²) >= 11 is 0. The number of nitrogen functional groups attached to an aromatic ring is 1. The Hall–Kier alpha value is -4.01. The van der Waals surface area contributed by atoms with Gasteiger partial charge in [-0.25, -0.2) is 4.79 Å². The SMILES string of the molecule is CC(NC(=O)CN(CCC1=CCCCC1)c1c(N)n(Cc2ccccc2)c(=O)[nH]c1=O)c1ccco1. The third-order valence-electron chi connectivity index (χ3n) is 6.48. The van der Waals surface area contributed by atoms with Crippen LogP contribution in [0.4, 0.5) is 11.5 Å². The highest BCUT2D eigenvalue weighted by Crippen LogP contribution is 2.23. The number of hydrogen-bond acceptors (Lipinski definition) is 6. The van der Waals surface area contributed by atoms with Crippen molar-refractivity contribution in [2.24, 2.45) is 0 Å². The van der Waals surface area contributed by atoms with Gasteiger partial charge in [0.05, 0.1) is 25.4 Å². The summed E-state index contributed by atoms with van der Waals surface area (Å²) in [5.41, 5.74) is 7.55. The molecule has 2 heterocycles. The zero-order valence-electron chi connectivity index (χ0n) is 20.5. The van der Waals surface area contributed by atoms with Gasteiger partial charge in [-0.3, -0.25) is 19.1 Å². The number of benzene rings is 1. The number of H-pyrrole nitrogens is 1. The van der Waals surface area contributed by atoms with Crippen molar-refractivity contribution in [3.63, 3.8) is 0 Å². The molecule has 1 aliphatic rings. The molecule has 3 aromatic rings. The average Bonchev–Trinajstić information content (AvgIpc) is 3.41. The predicted molar refractivity (Wildman–Crippen MR) is 140 cm³/mol. The number of rotatable bonds is 10. The van der Waals surface area contributed by atoms with E-state index in [4.69, 9.17) is 10.2 Å². The Morgan fingerprint density at radius 3 is 2.69 bits per heavy atom. The highest BCUT2D eigenvalue weighted by atomic mass is 16.3. The van der Waals surface area contributed by atoms with Crippen molar-refractivity contribution < 1.29 is 9.21 Å². The van der Waals surface area contributed by atoms with Crippen LogP contribution in [0.3, 0.4) is 0 Å². The van der Waals surface area contributed by atoms with E-state index in [9.17, 15) is 14.4 Å². The van der Waals surface area contributed by atoms with E-state index in [1.54, 1.807) is 23.3 Å². The summed E-state index contributed by atoms with van der Waals surface area (Å²) in [5.74, 6) is 0.393. The van der Waals surface area contributed by atoms with E-state index in [1.807, 2.05) is 37.3 Å². The number of nitrogens with two attached hydrogens (primary N) is 1. The molecule has 4 rings (SSSR count). The number of aromatic nitrogens is 2. The summed E-state index contributed by atoms with van der Waals surface area (Å²) < 4.78 is 6.72. The van der Waals surface area contributed by atoms with Gasteiger partial charge in [0, 0.05) is 6.54 Å². The number of hydrogen-bond donors (Lipinski definition) is 3. The van der Waals surface area contributed by atoms with Crippen LogP contribution in [0.1, 0.15) is 56.4 Å². The quantitative estimate of drug-likeness (QED) is 0.374. The number of furan rings is 1. The molecule has 1 atom stereocenters. The van der Waals surface area contributed by atoms with Crippen molar-refractivity contribution in [3.8, 4) is 0 Å². The van der Waals surface area contributed by atoms with Crippen LogP contribution in [0.15, 0.2) is 74.4 Å². The summed E-state index contributed by atoms with van der Waals surface area (Å²) in [5, 5.41) is 2.91. The molecule has 4 N–H and O–H groups in total. The molecule has 9 nitrogen and oxygen atoms in total. The van der Waals surface area contributed by atoms with Gasteiger partial charge in [0.1, 0.15) is 17.3 Å². The monoisotopic (exact) mass is 491 g/mol. The van der Waals surface area contributed by atoms with Gasteiger partial charge in [-0.05, 0) is 56.7 Å². The van der Waals surface area contributed by atoms with E-state index < -0.39 is 11.2 Å². The summed E-state index contributed by atoms with van der Waals surface area (Å²) in [6.45, 7) is 2.37. The number of anilines is 2. The molecule has 1 amide bonds. The van der Waals surface area contributed by atoms with Gasteiger partial charge in [0.25, 0.3) is 5.56 Å². The number of carbonyl (C=O) groups is 1. The average molecular weight is 492 g/mol. The molecule has 1 aliphatic carbocycles. The highest BCUT2D eigenvalue weighted by molar-refractivity contribution is 5.82. The predicted octanol–water partition coefficient (Wildman–Crippen LogP) is 3.33. The topological polar surface area (TPSA) is 126 Å². The van der Waals surface area contributed by atoms with Crippen LogP contribution in [0.25, 0.3) is 0 Å². The fourth-order valence-corrected chi connectivity index (χ4v) is 4.56. The number of allylic oxidation sites excluding steroid dienone is 1. The Labute approximate surface area is 209 Å². The first kappa shape index (κ1) is 25.1. The first-order valence-electron chi connectivity index (χ1n) is 12.3. The molecular formula is C27H33N5O4. The van der Waals surface area contributed by atoms with Crippen molar-refractivity contribution in [1.29, 1.82) is 0 Å². The van der Waals surface area contributed by atoms with Gasteiger partial charge >= 0.3 is 5.69 Å². The van der Waals surface area contributed by atoms with Crippen molar-refractivity contribution in [2.45, 2.75) is 51.6 Å². The molecule has 1 unspecified atom stereocenters. The van der Waals surface area contributed by atoms with Crippen LogP contribution in [0.5, 0.6) is 0 Å². The minimum atomic E-state index is -0.605. The summed E-state index contributed by atoms with van der Waals surface area (Å²) in [6, 6.07) is 12.6. The van der Waals surface area contributed by atoms with Crippen molar-refractivity contribution in [2.75, 3.05) is 23.7 Å². The standard InChI is InChI=1S/C27H33N5O4/c1-19(22-13-8-16-36-22)29-23(33)18-31(15-14-20-9-4-2-5-10-20)24-25(28)32(27(35)30-26(24)34)17-21-11-6-3-7-12-21/h3,6-9,11-13,16,19H,2,4-5,10,14-15,17-18,28H2,1H3,(H,29,33)(H,30,34,35). The lowest BCUT2D eigenvalue weighted by Crippen LogP contribution is -2.44. The van der Waals surface area contributed by atoms with E-state index in [-0.39, 0.29) is 36.5 Å².